The highest BCUT2D eigenvalue weighted by Crippen LogP contribution is 2.21. The number of halogens is 1. The van der Waals surface area contributed by atoms with Gasteiger partial charge in [-0.25, -0.2) is 4.98 Å². The molecule has 0 saturated heterocycles. The van der Waals surface area contributed by atoms with Crippen molar-refractivity contribution in [3.63, 3.8) is 0 Å². The topological polar surface area (TPSA) is 36.4 Å². The molecule has 0 aliphatic rings. The number of hydrogen-bond acceptors (Lipinski definition) is 3. The van der Waals surface area contributed by atoms with Gasteiger partial charge in [0, 0.05) is 29.8 Å². The normalized spacial score (nSPS) is 10.5. The van der Waals surface area contributed by atoms with E-state index < -0.39 is 0 Å². The molecular weight excluding hydrogens is 304 g/mol. The maximum Gasteiger partial charge on any atom is 0.133 e. The fourth-order valence-corrected chi connectivity index (χ4v) is 2.36. The number of aromatic nitrogens is 1. The van der Waals surface area contributed by atoms with Gasteiger partial charge in [-0.05, 0) is 34.0 Å². The number of pyridine rings is 1. The number of hydrogen-bond donors (Lipinski definition) is 1. The van der Waals surface area contributed by atoms with Gasteiger partial charge in [-0.15, -0.1) is 0 Å². The van der Waals surface area contributed by atoms with Crippen LogP contribution in [0, 0.1) is 0 Å². The Kier molecular flexibility index (Phi) is 4.93. The third kappa shape index (κ3) is 3.78. The summed E-state index contributed by atoms with van der Waals surface area (Å²) in [4.78, 5) is 6.45. The summed E-state index contributed by atoms with van der Waals surface area (Å²) in [5, 5.41) is 9.39. The zero-order chi connectivity index (χ0) is 13.7. The Morgan fingerprint density at radius 3 is 2.68 bits per heavy atom. The summed E-state index contributed by atoms with van der Waals surface area (Å²) in [5.41, 5.74) is 2.14. The Labute approximate surface area is 122 Å². The number of likely N-dealkylation sites (N-methyl/N-ethyl adjacent to an activating group) is 1. The fourth-order valence-electron chi connectivity index (χ4n) is 1.98. The first-order valence-corrected chi connectivity index (χ1v) is 7.00. The number of anilines is 1. The van der Waals surface area contributed by atoms with Gasteiger partial charge in [-0.2, -0.15) is 0 Å². The molecule has 2 rings (SSSR count). The van der Waals surface area contributed by atoms with Crippen molar-refractivity contribution in [3.8, 4) is 0 Å². The van der Waals surface area contributed by atoms with Gasteiger partial charge in [-0.3, -0.25) is 0 Å². The minimum Gasteiger partial charge on any atom is -0.392 e. The van der Waals surface area contributed by atoms with E-state index in [0.29, 0.717) is 0 Å². The lowest BCUT2D eigenvalue weighted by Gasteiger charge is -2.20. The number of benzene rings is 1. The number of aliphatic hydroxyl groups is 1. The Morgan fingerprint density at radius 2 is 2.00 bits per heavy atom. The van der Waals surface area contributed by atoms with Crippen molar-refractivity contribution in [2.45, 2.75) is 13.0 Å². The minimum atomic E-state index is -0.00253. The molecule has 1 aromatic carbocycles. The van der Waals surface area contributed by atoms with Crippen LogP contribution < -0.4 is 4.90 Å². The van der Waals surface area contributed by atoms with Crippen molar-refractivity contribution in [1.29, 1.82) is 0 Å². The SMILES string of the molecule is CN(CCc1ccccc1)c1ncc(Br)cc1CO. The molecular formula is C15H17BrN2O. The van der Waals surface area contributed by atoms with Crippen LogP contribution in [0.15, 0.2) is 47.1 Å². The Morgan fingerprint density at radius 1 is 1.26 bits per heavy atom. The molecule has 0 aliphatic heterocycles. The second-order valence-corrected chi connectivity index (χ2v) is 5.37. The molecule has 0 unspecified atom stereocenters. The van der Waals surface area contributed by atoms with Gasteiger partial charge in [0.15, 0.2) is 0 Å². The first kappa shape index (κ1) is 14.0. The molecule has 2 aromatic rings. The molecule has 1 heterocycles. The summed E-state index contributed by atoms with van der Waals surface area (Å²) in [7, 11) is 2.00. The van der Waals surface area contributed by atoms with E-state index in [1.165, 1.54) is 5.56 Å². The molecule has 4 heteroatoms. The third-order valence-corrected chi connectivity index (χ3v) is 3.45. The predicted octanol–water partition coefficient (Wildman–Crippen LogP) is 3.02. The summed E-state index contributed by atoms with van der Waals surface area (Å²) in [6.07, 6.45) is 2.72. The second-order valence-electron chi connectivity index (χ2n) is 4.45. The Bertz CT molecular complexity index is 531. The lowest BCUT2D eigenvalue weighted by atomic mass is 10.1. The first-order valence-electron chi connectivity index (χ1n) is 6.21. The molecule has 1 N–H and O–H groups in total. The predicted molar refractivity (Wildman–Crippen MR) is 81.3 cm³/mol. The number of aliphatic hydroxyl groups excluding tert-OH is 1. The Hall–Kier alpha value is -1.39. The molecule has 0 spiro atoms. The van der Waals surface area contributed by atoms with Crippen molar-refractivity contribution < 1.29 is 5.11 Å². The van der Waals surface area contributed by atoms with E-state index in [1.807, 2.05) is 31.3 Å². The smallest absolute Gasteiger partial charge is 0.133 e. The van der Waals surface area contributed by atoms with E-state index >= 15 is 0 Å². The van der Waals surface area contributed by atoms with E-state index in [2.05, 4.69) is 37.9 Å². The molecule has 19 heavy (non-hydrogen) atoms. The maximum absolute atomic E-state index is 9.39. The summed E-state index contributed by atoms with van der Waals surface area (Å²) < 4.78 is 0.886. The highest BCUT2D eigenvalue weighted by molar-refractivity contribution is 9.10. The maximum atomic E-state index is 9.39. The van der Waals surface area contributed by atoms with Gasteiger partial charge in [-0.1, -0.05) is 30.3 Å². The van der Waals surface area contributed by atoms with Crippen LogP contribution in [0.25, 0.3) is 0 Å². The van der Waals surface area contributed by atoms with Gasteiger partial charge in [0.1, 0.15) is 5.82 Å². The summed E-state index contributed by atoms with van der Waals surface area (Å²) >= 11 is 3.37. The largest absolute Gasteiger partial charge is 0.392 e. The van der Waals surface area contributed by atoms with E-state index in [-0.39, 0.29) is 6.61 Å². The number of nitrogens with zero attached hydrogens (tertiary/aromatic N) is 2. The van der Waals surface area contributed by atoms with Gasteiger partial charge >= 0.3 is 0 Å². The van der Waals surface area contributed by atoms with Crippen LogP contribution in [-0.2, 0) is 13.0 Å². The third-order valence-electron chi connectivity index (χ3n) is 3.02. The molecule has 0 aliphatic carbocycles. The summed E-state index contributed by atoms with van der Waals surface area (Å²) in [5.74, 6) is 0.835. The molecule has 0 bridgehead atoms. The zero-order valence-corrected chi connectivity index (χ0v) is 12.5. The average Bonchev–Trinajstić information content (AvgIpc) is 2.45. The van der Waals surface area contributed by atoms with Gasteiger partial charge in [0.25, 0.3) is 0 Å². The molecule has 0 saturated carbocycles. The van der Waals surface area contributed by atoms with Crippen molar-refractivity contribution in [1.82, 2.24) is 4.98 Å². The number of rotatable bonds is 5. The van der Waals surface area contributed by atoms with Crippen LogP contribution in [0.4, 0.5) is 5.82 Å². The van der Waals surface area contributed by atoms with Crippen LogP contribution in [0.3, 0.4) is 0 Å². The molecule has 0 atom stereocenters. The highest BCUT2D eigenvalue weighted by Gasteiger charge is 2.09. The van der Waals surface area contributed by atoms with E-state index in [4.69, 9.17) is 0 Å². The van der Waals surface area contributed by atoms with Crippen LogP contribution in [-0.4, -0.2) is 23.7 Å². The molecule has 100 valence electrons. The van der Waals surface area contributed by atoms with Crippen LogP contribution in [0.1, 0.15) is 11.1 Å². The minimum absolute atomic E-state index is 0.00253. The first-order chi connectivity index (χ1) is 9.20. The van der Waals surface area contributed by atoms with Crippen LogP contribution in [0.2, 0.25) is 0 Å². The van der Waals surface area contributed by atoms with Crippen molar-refractivity contribution in [2.24, 2.45) is 0 Å². The van der Waals surface area contributed by atoms with Crippen LogP contribution >= 0.6 is 15.9 Å². The van der Waals surface area contributed by atoms with Gasteiger partial charge in [0.05, 0.1) is 6.61 Å². The highest BCUT2D eigenvalue weighted by atomic mass is 79.9. The van der Waals surface area contributed by atoms with Crippen LogP contribution in [0.5, 0.6) is 0 Å². The quantitative estimate of drug-likeness (QED) is 0.920. The zero-order valence-electron chi connectivity index (χ0n) is 10.9. The summed E-state index contributed by atoms with van der Waals surface area (Å²) in [6.45, 7) is 0.864. The second kappa shape index (κ2) is 6.68. The lowest BCUT2D eigenvalue weighted by molar-refractivity contribution is 0.281. The van der Waals surface area contributed by atoms with Gasteiger partial charge < -0.3 is 10.0 Å². The van der Waals surface area contributed by atoms with Crippen molar-refractivity contribution in [2.75, 3.05) is 18.5 Å². The molecule has 3 nitrogen and oxygen atoms in total. The van der Waals surface area contributed by atoms with E-state index in [9.17, 15) is 5.11 Å². The standard InChI is InChI=1S/C15H17BrN2O/c1-18(8-7-12-5-3-2-4-6-12)15-13(11-19)9-14(16)10-17-15/h2-6,9-10,19H,7-8,11H2,1H3. The van der Waals surface area contributed by atoms with E-state index in [1.54, 1.807) is 6.20 Å². The van der Waals surface area contributed by atoms with Gasteiger partial charge in [0.2, 0.25) is 0 Å². The average molecular weight is 321 g/mol. The lowest BCUT2D eigenvalue weighted by Crippen LogP contribution is -2.22. The fraction of sp³-hybridized carbons (Fsp3) is 0.267. The summed E-state index contributed by atoms with van der Waals surface area (Å²) in [6, 6.07) is 12.3. The van der Waals surface area contributed by atoms with Crippen molar-refractivity contribution in [3.05, 3.63) is 58.2 Å². The van der Waals surface area contributed by atoms with E-state index in [0.717, 1.165) is 28.8 Å². The van der Waals surface area contributed by atoms with Crippen molar-refractivity contribution >= 4 is 21.7 Å². The monoisotopic (exact) mass is 320 g/mol. The molecule has 0 radical (unpaired) electrons. The Balaban J connectivity index is 2.05. The molecule has 0 fully saturated rings. The molecule has 0 amide bonds. The molecule has 1 aromatic heterocycles.